The third-order valence-electron chi connectivity index (χ3n) is 13.5. The van der Waals surface area contributed by atoms with E-state index in [1.807, 2.05) is 67.2 Å². The normalized spacial score (nSPS) is 18.3. The first-order chi connectivity index (χ1) is 39.8. The Morgan fingerprint density at radius 2 is 0.814 bits per heavy atom. The molecule has 0 radical (unpaired) electrons. The number of hydrogen-bond acceptors (Lipinski definition) is 19. The molecular weight excluding hydrogens is 1220 g/mol. The number of hydrogen-bond donors (Lipinski definition) is 5. The van der Waals surface area contributed by atoms with Crippen LogP contribution in [0.2, 0.25) is 0 Å². The lowest BCUT2D eigenvalue weighted by atomic mass is 9.93. The average molecular weight is 1310 g/mol. The van der Waals surface area contributed by atoms with E-state index in [2.05, 4.69) is 42.1 Å². The molecule has 32 heteroatoms. The highest BCUT2D eigenvalue weighted by molar-refractivity contribution is 7.91. The zero-order valence-corrected chi connectivity index (χ0v) is 54.3. The Labute approximate surface area is 521 Å². The molecule has 0 atom stereocenters. The lowest BCUT2D eigenvalue weighted by Crippen LogP contribution is -2.47. The number of carbonyl (C=O) groups excluding carboxylic acids is 6. The summed E-state index contributed by atoms with van der Waals surface area (Å²) < 4.78 is 60.1. The van der Waals surface area contributed by atoms with Crippen LogP contribution in [-0.4, -0.2) is 243 Å². The molecule has 5 aliphatic heterocycles. The molecule has 27 nitrogen and oxygen atoms in total. The van der Waals surface area contributed by atoms with E-state index in [1.54, 1.807) is 42.7 Å². The summed E-state index contributed by atoms with van der Waals surface area (Å²) in [5.41, 5.74) is -0.471. The Morgan fingerprint density at radius 3 is 1.16 bits per heavy atom. The predicted molar refractivity (Wildman–Crippen MR) is 333 cm³/mol. The molecule has 3 aromatic heterocycles. The largest absolute Gasteiger partial charge is 0.359 e. The average Bonchev–Trinajstić information content (AvgIpc) is 4.31. The summed E-state index contributed by atoms with van der Waals surface area (Å²) >= 11 is 15.1. The highest BCUT2D eigenvalue weighted by Gasteiger charge is 2.29. The molecule has 0 unspecified atom stereocenters. The summed E-state index contributed by atoms with van der Waals surface area (Å²) in [4.78, 5) is 81.2. The number of rotatable bonds is 7. The van der Waals surface area contributed by atoms with E-state index < -0.39 is 24.9 Å². The molecule has 0 aliphatic carbocycles. The smallest absolute Gasteiger partial charge is 0.323 e. The quantitative estimate of drug-likeness (QED) is 0.144. The van der Waals surface area contributed by atoms with Crippen molar-refractivity contribution in [1.29, 1.82) is 0 Å². The molecule has 5 N–H and O–H groups in total. The van der Waals surface area contributed by atoms with Crippen molar-refractivity contribution in [3.63, 3.8) is 0 Å². The van der Waals surface area contributed by atoms with Gasteiger partial charge in [0.05, 0.1) is 35.4 Å². The molecule has 5 saturated heterocycles. The first-order valence-corrected chi connectivity index (χ1v) is 33.4. The number of halogens is 3. The van der Waals surface area contributed by atoms with Crippen molar-refractivity contribution in [2.75, 3.05) is 162 Å². The Morgan fingerprint density at radius 1 is 0.477 bits per heavy atom. The van der Waals surface area contributed by atoms with Gasteiger partial charge in [0.15, 0.2) is 37.1 Å². The topological polar surface area (TPSA) is 328 Å². The van der Waals surface area contributed by atoms with Crippen LogP contribution in [0.5, 0.6) is 0 Å². The minimum absolute atomic E-state index is 0. The number of sulfone groups is 2. The summed E-state index contributed by atoms with van der Waals surface area (Å²) in [5.74, 6) is 4.01. The molecule has 5 aliphatic rings. The maximum absolute atomic E-state index is 12.6. The van der Waals surface area contributed by atoms with Crippen LogP contribution < -0.4 is 26.6 Å². The molecule has 8 heterocycles. The van der Waals surface area contributed by atoms with Gasteiger partial charge in [-0.05, 0) is 37.4 Å². The van der Waals surface area contributed by atoms with E-state index >= 15 is 0 Å². The molecule has 0 spiro atoms. The minimum atomic E-state index is -2.96. The van der Waals surface area contributed by atoms with Crippen LogP contribution in [0.15, 0.2) is 31.8 Å². The fourth-order valence-electron chi connectivity index (χ4n) is 8.38. The van der Waals surface area contributed by atoms with E-state index in [1.165, 1.54) is 0 Å². The minimum Gasteiger partial charge on any atom is -0.359 e. The number of carbonyl (C=O) groups is 6. The summed E-state index contributed by atoms with van der Waals surface area (Å²) in [6.45, 7) is 27.9. The number of nitrogens with one attached hydrogen (secondary N) is 5. The predicted octanol–water partition coefficient (Wildman–Crippen LogP) is 5.48. The van der Waals surface area contributed by atoms with Crippen molar-refractivity contribution in [2.45, 2.75) is 105 Å². The second-order valence-corrected chi connectivity index (χ2v) is 29.3. The molecule has 0 aromatic carbocycles. The highest BCUT2D eigenvalue weighted by Crippen LogP contribution is 2.27. The Kier molecular flexibility index (Phi) is 30.5. The summed E-state index contributed by atoms with van der Waals surface area (Å²) in [6, 6.07) is 4.63. The van der Waals surface area contributed by atoms with Crippen LogP contribution in [0.3, 0.4) is 0 Å². The van der Waals surface area contributed by atoms with Gasteiger partial charge in [-0.2, -0.15) is 0 Å². The van der Waals surface area contributed by atoms with Crippen molar-refractivity contribution >= 4 is 107 Å². The van der Waals surface area contributed by atoms with Gasteiger partial charge in [0.25, 0.3) is 0 Å². The van der Waals surface area contributed by atoms with E-state index in [0.717, 1.165) is 44.8 Å². The number of urea groups is 3. The van der Waals surface area contributed by atoms with Gasteiger partial charge in [-0.25, -0.2) is 31.2 Å². The maximum atomic E-state index is 12.6. The highest BCUT2D eigenvalue weighted by atomic mass is 35.5. The second kappa shape index (κ2) is 35.0. The third-order valence-corrected chi connectivity index (χ3v) is 17.6. The van der Waals surface area contributed by atoms with Gasteiger partial charge < -0.3 is 48.7 Å². The fraction of sp³-hybridized carbons (Fsp3) is 0.722. The van der Waals surface area contributed by atoms with Crippen LogP contribution in [0.1, 0.15) is 106 Å². The van der Waals surface area contributed by atoms with Gasteiger partial charge in [-0.3, -0.25) is 35.2 Å². The van der Waals surface area contributed by atoms with E-state index in [4.69, 9.17) is 48.4 Å². The van der Waals surface area contributed by atoms with Gasteiger partial charge in [0.1, 0.15) is 23.2 Å². The Bertz CT molecular complexity index is 2840. The van der Waals surface area contributed by atoms with Gasteiger partial charge in [0.2, 0.25) is 17.1 Å². The van der Waals surface area contributed by atoms with E-state index in [0.29, 0.717) is 125 Å². The standard InChI is InChI=1S/C19H31N5O5S.C15H23ClN4O3.C13H22N4O2.C4H9NO2S.C2H2Cl2O.CH4/c1-19(2,3)15-13-16(21-29-15)20-18(26)24-6-4-5-23(7-8-24)17(25)14-22-9-11-30(27,28)12-10-22;1-15(2,3)11-9-12(18-23-11)17-14(22)20-6-4-5-19(7-8-20)13(21)10-16;1-13(2,3)10-9-11(16-19-10)15-12(18)17-7-4-5-14-6-8-17;6-8(7)3-1-5-2-4-8;3-1-2(4)5;/h13H,4-12,14H2,1-3H3,(H,20,21,26);9H,4-8,10H2,1-3H3,(H,17,18,22);9,14H,4-8H2,1-3H3,(H,15,16,18);5H,1-4H2;1H2;1H4. The van der Waals surface area contributed by atoms with Crippen LogP contribution in [0.4, 0.5) is 31.8 Å². The molecular formula is C54H91Cl3N14O13S2. The second-order valence-electron chi connectivity index (χ2n) is 23.8. The van der Waals surface area contributed by atoms with Crippen LogP contribution in [-0.2, 0) is 50.3 Å². The number of anilines is 3. The monoisotopic (exact) mass is 1310 g/mol. The number of aromatic nitrogens is 3. The van der Waals surface area contributed by atoms with E-state index in [9.17, 15) is 45.6 Å². The van der Waals surface area contributed by atoms with Crippen molar-refractivity contribution in [2.24, 2.45) is 0 Å². The number of alkyl halides is 2. The van der Waals surface area contributed by atoms with Crippen LogP contribution in [0, 0.1) is 0 Å². The lowest BCUT2D eigenvalue weighted by Gasteiger charge is -2.29. The van der Waals surface area contributed by atoms with Crippen LogP contribution in [0.25, 0.3) is 0 Å². The van der Waals surface area contributed by atoms with Crippen molar-refractivity contribution in [1.82, 2.24) is 55.5 Å². The summed E-state index contributed by atoms with van der Waals surface area (Å²) in [5, 5.41) is 25.7. The molecule has 488 valence electrons. The number of nitrogens with zero attached hydrogens (tertiary/aromatic N) is 9. The van der Waals surface area contributed by atoms with Gasteiger partial charge in [-0.15, -0.1) is 23.2 Å². The molecule has 3 aromatic rings. The Hall–Kier alpha value is -5.30. The van der Waals surface area contributed by atoms with E-state index in [-0.39, 0.29) is 83.4 Å². The SMILES string of the molecule is C.CC(C)(C)c1cc(NC(=O)N2CCCN(C(=O)CCl)CC2)no1.CC(C)(C)c1cc(NC(=O)N2CCCN(C(=O)CN3CCS(=O)(=O)CC3)CC2)no1.CC(C)(C)c1cc(NC(=O)N2CCCNCC2)no1.O=C(Cl)CCl.O=S1(=O)CCNCC1. The molecule has 5 fully saturated rings. The van der Waals surface area contributed by atoms with Crippen molar-refractivity contribution in [3.8, 4) is 0 Å². The third kappa shape index (κ3) is 27.0. The first-order valence-electron chi connectivity index (χ1n) is 28.3. The van der Waals surface area contributed by atoms with Gasteiger partial charge >= 0.3 is 18.1 Å². The van der Waals surface area contributed by atoms with Crippen molar-refractivity contribution in [3.05, 3.63) is 35.5 Å². The summed E-state index contributed by atoms with van der Waals surface area (Å²) in [7, 11) is -5.61. The maximum Gasteiger partial charge on any atom is 0.323 e. The number of amides is 8. The van der Waals surface area contributed by atoms with Gasteiger partial charge in [0, 0.05) is 133 Å². The van der Waals surface area contributed by atoms with Crippen molar-refractivity contribution < 1.29 is 59.2 Å². The Balaban J connectivity index is 0.000000309. The molecule has 8 rings (SSSR count). The molecule has 86 heavy (non-hydrogen) atoms. The summed E-state index contributed by atoms with van der Waals surface area (Å²) in [6.07, 6.45) is 2.38. The molecule has 8 amide bonds. The first kappa shape index (κ1) is 75.0. The zero-order valence-electron chi connectivity index (χ0n) is 50.4. The fourth-order valence-corrected chi connectivity index (χ4v) is 10.9. The lowest BCUT2D eigenvalue weighted by molar-refractivity contribution is -0.132. The van der Waals surface area contributed by atoms with Gasteiger partial charge in [-0.1, -0.05) is 85.2 Å². The molecule has 0 saturated carbocycles. The molecule has 0 bridgehead atoms. The zero-order chi connectivity index (χ0) is 63.2. The van der Waals surface area contributed by atoms with Crippen LogP contribution >= 0.6 is 34.8 Å².